The van der Waals surface area contributed by atoms with Crippen LogP contribution in [0, 0.1) is 5.82 Å². The van der Waals surface area contributed by atoms with Gasteiger partial charge in [-0.3, -0.25) is 4.68 Å². The minimum Gasteiger partial charge on any atom is -0.497 e. The molecule has 20 heavy (non-hydrogen) atoms. The minimum atomic E-state index is -0.279. The van der Waals surface area contributed by atoms with Crippen molar-refractivity contribution in [1.29, 1.82) is 0 Å². The van der Waals surface area contributed by atoms with Crippen molar-refractivity contribution in [3.63, 3.8) is 0 Å². The number of benzene rings is 1. The Bertz CT molecular complexity index is 568. The van der Waals surface area contributed by atoms with Crippen molar-refractivity contribution in [3.05, 3.63) is 47.5 Å². The largest absolute Gasteiger partial charge is 0.497 e. The molecule has 0 spiro atoms. The van der Waals surface area contributed by atoms with Gasteiger partial charge in [-0.25, -0.2) is 4.39 Å². The molecule has 5 heteroatoms. The highest BCUT2D eigenvalue weighted by Gasteiger charge is 2.20. The number of rotatable bonds is 6. The number of nitrogens with one attached hydrogen (secondary N) is 1. The van der Waals surface area contributed by atoms with Crippen LogP contribution in [0.25, 0.3) is 0 Å². The number of ether oxygens (including phenoxy) is 1. The summed E-state index contributed by atoms with van der Waals surface area (Å²) in [6.45, 7) is 2.89. The van der Waals surface area contributed by atoms with E-state index >= 15 is 0 Å². The molecule has 1 aromatic heterocycles. The Hall–Kier alpha value is -1.88. The molecule has 1 aromatic carbocycles. The van der Waals surface area contributed by atoms with E-state index in [1.54, 1.807) is 23.0 Å². The smallest absolute Gasteiger partial charge is 0.132 e. The maximum absolute atomic E-state index is 14.3. The van der Waals surface area contributed by atoms with E-state index in [-0.39, 0.29) is 11.9 Å². The lowest BCUT2D eigenvalue weighted by atomic mass is 10.0. The lowest BCUT2D eigenvalue weighted by molar-refractivity contribution is 0.409. The van der Waals surface area contributed by atoms with Crippen LogP contribution in [-0.2, 0) is 7.05 Å². The predicted octanol–water partition coefficient (Wildman–Crippen LogP) is 2.66. The third-order valence-electron chi connectivity index (χ3n) is 3.27. The lowest BCUT2D eigenvalue weighted by Gasteiger charge is -2.20. The highest BCUT2D eigenvalue weighted by Crippen LogP contribution is 2.26. The van der Waals surface area contributed by atoms with E-state index in [0.717, 1.165) is 18.7 Å². The lowest BCUT2D eigenvalue weighted by Crippen LogP contribution is -2.26. The molecular weight excluding hydrogens is 257 g/mol. The first-order valence-corrected chi connectivity index (χ1v) is 6.72. The summed E-state index contributed by atoms with van der Waals surface area (Å²) in [6, 6.07) is 6.63. The van der Waals surface area contributed by atoms with Crippen molar-refractivity contribution in [2.45, 2.75) is 19.4 Å². The maximum atomic E-state index is 14.3. The van der Waals surface area contributed by atoms with Crippen LogP contribution >= 0.6 is 0 Å². The van der Waals surface area contributed by atoms with Gasteiger partial charge < -0.3 is 10.1 Å². The summed E-state index contributed by atoms with van der Waals surface area (Å²) < 4.78 is 21.1. The fraction of sp³-hybridized carbons (Fsp3) is 0.400. The molecule has 0 amide bonds. The maximum Gasteiger partial charge on any atom is 0.132 e. The number of methoxy groups -OCH3 is 1. The summed E-state index contributed by atoms with van der Waals surface area (Å²) in [5.74, 6) is 0.240. The third kappa shape index (κ3) is 2.99. The van der Waals surface area contributed by atoms with Crippen LogP contribution in [-0.4, -0.2) is 23.4 Å². The molecule has 108 valence electrons. The highest BCUT2D eigenvalue weighted by molar-refractivity contribution is 5.34. The first-order chi connectivity index (χ1) is 9.67. The summed E-state index contributed by atoms with van der Waals surface area (Å²) in [5, 5.41) is 7.53. The van der Waals surface area contributed by atoms with Gasteiger partial charge >= 0.3 is 0 Å². The van der Waals surface area contributed by atoms with Crippen LogP contribution in [0.5, 0.6) is 5.75 Å². The van der Waals surface area contributed by atoms with E-state index in [4.69, 9.17) is 4.74 Å². The molecule has 0 aliphatic carbocycles. The highest BCUT2D eigenvalue weighted by atomic mass is 19.1. The Morgan fingerprint density at radius 2 is 2.20 bits per heavy atom. The fourth-order valence-electron chi connectivity index (χ4n) is 2.20. The van der Waals surface area contributed by atoms with Crippen LogP contribution in [0.4, 0.5) is 4.39 Å². The zero-order valence-corrected chi connectivity index (χ0v) is 12.1. The molecule has 1 unspecified atom stereocenters. The second-order valence-corrected chi connectivity index (χ2v) is 4.65. The molecule has 0 aliphatic heterocycles. The van der Waals surface area contributed by atoms with Gasteiger partial charge in [-0.15, -0.1) is 0 Å². The Labute approximate surface area is 118 Å². The van der Waals surface area contributed by atoms with Gasteiger partial charge in [0, 0.05) is 24.9 Å². The number of hydrogen-bond donors (Lipinski definition) is 1. The van der Waals surface area contributed by atoms with Crippen molar-refractivity contribution >= 4 is 0 Å². The van der Waals surface area contributed by atoms with Crippen molar-refractivity contribution in [2.24, 2.45) is 7.05 Å². The van der Waals surface area contributed by atoms with Crippen LogP contribution < -0.4 is 10.1 Å². The first-order valence-electron chi connectivity index (χ1n) is 6.72. The summed E-state index contributed by atoms with van der Waals surface area (Å²) in [4.78, 5) is 0. The second-order valence-electron chi connectivity index (χ2n) is 4.65. The molecule has 0 saturated heterocycles. The monoisotopic (exact) mass is 277 g/mol. The summed E-state index contributed by atoms with van der Waals surface area (Å²) in [6.07, 6.45) is 2.70. The van der Waals surface area contributed by atoms with Crippen LogP contribution in [0.2, 0.25) is 0 Å². The second kappa shape index (κ2) is 6.52. The summed E-state index contributed by atoms with van der Waals surface area (Å²) in [5.41, 5.74) is 1.53. The van der Waals surface area contributed by atoms with Gasteiger partial charge in [0.2, 0.25) is 0 Å². The zero-order chi connectivity index (χ0) is 14.5. The van der Waals surface area contributed by atoms with Crippen molar-refractivity contribution in [1.82, 2.24) is 15.1 Å². The van der Waals surface area contributed by atoms with Gasteiger partial charge in [-0.1, -0.05) is 13.0 Å². The predicted molar refractivity (Wildman–Crippen MR) is 76.3 cm³/mol. The molecule has 0 radical (unpaired) electrons. The summed E-state index contributed by atoms with van der Waals surface area (Å²) in [7, 11) is 3.39. The molecule has 0 bridgehead atoms. The average Bonchev–Trinajstić information content (AvgIpc) is 2.87. The van der Waals surface area contributed by atoms with E-state index in [1.165, 1.54) is 13.2 Å². The molecule has 1 atom stereocenters. The van der Waals surface area contributed by atoms with E-state index in [9.17, 15) is 4.39 Å². The molecule has 1 N–H and O–H groups in total. The molecule has 0 saturated carbocycles. The zero-order valence-electron chi connectivity index (χ0n) is 12.1. The van der Waals surface area contributed by atoms with E-state index in [1.807, 2.05) is 13.1 Å². The Morgan fingerprint density at radius 1 is 1.40 bits per heavy atom. The van der Waals surface area contributed by atoms with E-state index in [2.05, 4.69) is 17.3 Å². The number of aromatic nitrogens is 2. The number of halogens is 1. The molecule has 2 rings (SSSR count). The topological polar surface area (TPSA) is 39.1 Å². The molecule has 4 nitrogen and oxygen atoms in total. The van der Waals surface area contributed by atoms with Crippen molar-refractivity contribution < 1.29 is 9.13 Å². The normalized spacial score (nSPS) is 12.4. The number of aryl methyl sites for hydroxylation is 1. The number of nitrogens with zero attached hydrogens (tertiary/aromatic N) is 2. The van der Waals surface area contributed by atoms with Gasteiger partial charge in [0.1, 0.15) is 11.6 Å². The molecule has 0 aliphatic rings. The van der Waals surface area contributed by atoms with E-state index in [0.29, 0.717) is 11.3 Å². The standard InChI is InChI=1S/C15H20FN3O/c1-4-8-17-15(14-7-9-18-19(14)2)12-6-5-11(20-3)10-13(12)16/h5-7,9-10,15,17H,4,8H2,1-3H3. The van der Waals surface area contributed by atoms with Gasteiger partial charge in [-0.05, 0) is 25.1 Å². The van der Waals surface area contributed by atoms with Crippen molar-refractivity contribution in [3.8, 4) is 5.75 Å². The quantitative estimate of drug-likeness (QED) is 0.882. The third-order valence-corrected chi connectivity index (χ3v) is 3.27. The van der Waals surface area contributed by atoms with Crippen LogP contribution in [0.3, 0.4) is 0 Å². The Kier molecular flexibility index (Phi) is 4.74. The first kappa shape index (κ1) is 14.5. The van der Waals surface area contributed by atoms with Crippen LogP contribution in [0.15, 0.2) is 30.5 Å². The summed E-state index contributed by atoms with van der Waals surface area (Å²) >= 11 is 0. The van der Waals surface area contributed by atoms with Gasteiger partial charge in [0.15, 0.2) is 0 Å². The average molecular weight is 277 g/mol. The van der Waals surface area contributed by atoms with Gasteiger partial charge in [0.25, 0.3) is 0 Å². The Balaban J connectivity index is 2.38. The van der Waals surface area contributed by atoms with E-state index < -0.39 is 0 Å². The van der Waals surface area contributed by atoms with Gasteiger partial charge in [-0.2, -0.15) is 5.10 Å². The fourth-order valence-corrected chi connectivity index (χ4v) is 2.20. The molecule has 0 fully saturated rings. The van der Waals surface area contributed by atoms with Gasteiger partial charge in [0.05, 0.1) is 18.8 Å². The van der Waals surface area contributed by atoms with Crippen LogP contribution in [0.1, 0.15) is 30.6 Å². The number of hydrogen-bond acceptors (Lipinski definition) is 3. The molecule has 1 heterocycles. The molecule has 2 aromatic rings. The molecular formula is C15H20FN3O. The SMILES string of the molecule is CCCNC(c1ccc(OC)cc1F)c1ccnn1C. The Morgan fingerprint density at radius 3 is 2.75 bits per heavy atom. The minimum absolute atomic E-state index is 0.214. The van der Waals surface area contributed by atoms with Crippen molar-refractivity contribution in [2.75, 3.05) is 13.7 Å².